The number of hydrogen-bond donors (Lipinski definition) is 0. The van der Waals surface area contributed by atoms with Gasteiger partial charge in [-0.25, -0.2) is 0 Å². The maximum Gasteiger partial charge on any atom is 0.123 e. The van der Waals surface area contributed by atoms with Gasteiger partial charge in [-0.1, -0.05) is 52.9 Å². The summed E-state index contributed by atoms with van der Waals surface area (Å²) in [6, 6.07) is 29.8. The SMILES string of the molecule is [2H]C([2H])([2H])c1ccc(-c2[c-]cccc2)nc1.[2H]C([2H])([2H])c1ccnc(-c2[c-]ccc3c2oc2c(C)cccc23)c1.[Ir]. The summed E-state index contributed by atoms with van der Waals surface area (Å²) in [6.45, 7) is -2.26. The largest absolute Gasteiger partial charge is 0.500 e. The second-order valence-corrected chi connectivity index (χ2v) is 7.79. The van der Waals surface area contributed by atoms with E-state index in [9.17, 15) is 0 Å². The number of para-hydroxylation sites is 1. The van der Waals surface area contributed by atoms with Crippen LogP contribution >= 0.6 is 0 Å². The molecular formula is C31H24IrN2O-2. The molecule has 0 unspecified atom stereocenters. The molecule has 0 aliphatic heterocycles. The number of nitrogens with zero attached hydrogens (tertiary/aromatic N) is 2. The Labute approximate surface area is 227 Å². The van der Waals surface area contributed by atoms with Gasteiger partial charge in [-0.05, 0) is 49.2 Å². The molecule has 0 spiro atoms. The average Bonchev–Trinajstić information content (AvgIpc) is 3.34. The molecule has 0 atom stereocenters. The molecule has 175 valence electrons. The minimum Gasteiger partial charge on any atom is -0.500 e. The first-order valence-electron chi connectivity index (χ1n) is 13.8. The molecule has 3 heterocycles. The van der Waals surface area contributed by atoms with E-state index in [2.05, 4.69) is 22.1 Å². The van der Waals surface area contributed by atoms with Crippen LogP contribution in [0.25, 0.3) is 44.5 Å². The minimum absolute atomic E-state index is 0. The third-order valence-corrected chi connectivity index (χ3v) is 5.42. The van der Waals surface area contributed by atoms with Gasteiger partial charge in [-0.3, -0.25) is 0 Å². The van der Waals surface area contributed by atoms with Crippen LogP contribution in [0.5, 0.6) is 0 Å². The molecule has 0 saturated heterocycles. The van der Waals surface area contributed by atoms with E-state index in [4.69, 9.17) is 12.6 Å². The molecule has 4 heteroatoms. The first-order chi connectivity index (χ1) is 19.0. The van der Waals surface area contributed by atoms with Crippen molar-refractivity contribution in [3.63, 3.8) is 0 Å². The van der Waals surface area contributed by atoms with Gasteiger partial charge in [-0.15, -0.1) is 54.1 Å². The van der Waals surface area contributed by atoms with Crippen molar-refractivity contribution < 1.29 is 32.7 Å². The molecule has 0 aliphatic carbocycles. The van der Waals surface area contributed by atoms with Crippen LogP contribution in [0.4, 0.5) is 0 Å². The van der Waals surface area contributed by atoms with E-state index >= 15 is 0 Å². The molecule has 0 aliphatic rings. The van der Waals surface area contributed by atoms with Crippen LogP contribution in [0, 0.1) is 32.8 Å². The number of rotatable bonds is 2. The quantitative estimate of drug-likeness (QED) is 0.181. The summed E-state index contributed by atoms with van der Waals surface area (Å²) in [7, 11) is 0. The zero-order valence-corrected chi connectivity index (χ0v) is 21.2. The molecule has 1 radical (unpaired) electrons. The third kappa shape index (κ3) is 5.24. The van der Waals surface area contributed by atoms with Crippen molar-refractivity contribution in [1.82, 2.24) is 9.97 Å². The van der Waals surface area contributed by atoms with E-state index in [0.29, 0.717) is 16.8 Å². The van der Waals surface area contributed by atoms with Crippen molar-refractivity contribution >= 4 is 21.9 Å². The van der Waals surface area contributed by atoms with Gasteiger partial charge in [0.25, 0.3) is 0 Å². The van der Waals surface area contributed by atoms with Crippen molar-refractivity contribution in [2.75, 3.05) is 0 Å². The van der Waals surface area contributed by atoms with Crippen LogP contribution in [-0.4, -0.2) is 9.97 Å². The molecule has 35 heavy (non-hydrogen) atoms. The summed E-state index contributed by atoms with van der Waals surface area (Å²) >= 11 is 0. The minimum atomic E-state index is -2.17. The van der Waals surface area contributed by atoms with Crippen molar-refractivity contribution in [1.29, 1.82) is 0 Å². The first kappa shape index (κ1) is 17.8. The number of aryl methyl sites for hydroxylation is 3. The molecule has 3 aromatic heterocycles. The van der Waals surface area contributed by atoms with E-state index < -0.39 is 13.7 Å². The Hall–Kier alpha value is -3.59. The van der Waals surface area contributed by atoms with Gasteiger partial charge in [0.05, 0.1) is 5.58 Å². The number of furan rings is 1. The predicted octanol–water partition coefficient (Wildman–Crippen LogP) is 7.92. The van der Waals surface area contributed by atoms with Gasteiger partial charge >= 0.3 is 0 Å². The topological polar surface area (TPSA) is 38.9 Å². The van der Waals surface area contributed by atoms with E-state index in [1.165, 1.54) is 18.5 Å². The Kier molecular flexibility index (Phi) is 5.48. The monoisotopic (exact) mass is 639 g/mol. The second kappa shape index (κ2) is 10.8. The van der Waals surface area contributed by atoms with Crippen molar-refractivity contribution in [2.24, 2.45) is 0 Å². The number of aromatic nitrogens is 2. The summed E-state index contributed by atoms with van der Waals surface area (Å²) in [5.41, 5.74) is 5.89. The molecule has 3 aromatic carbocycles. The van der Waals surface area contributed by atoms with E-state index in [0.717, 1.165) is 33.2 Å². The van der Waals surface area contributed by atoms with Gasteiger partial charge in [0.1, 0.15) is 5.58 Å². The summed E-state index contributed by atoms with van der Waals surface area (Å²) < 4.78 is 50.5. The Balaban J connectivity index is 0.000000200. The van der Waals surface area contributed by atoms with Gasteiger partial charge in [-0.2, -0.15) is 0 Å². The number of hydrogen-bond acceptors (Lipinski definition) is 3. The van der Waals surface area contributed by atoms with Gasteiger partial charge in [0.15, 0.2) is 0 Å². The average molecular weight is 639 g/mol. The molecule has 0 N–H and O–H groups in total. The Morgan fingerprint density at radius 1 is 0.771 bits per heavy atom. The van der Waals surface area contributed by atoms with E-state index in [1.54, 1.807) is 24.3 Å². The summed E-state index contributed by atoms with van der Waals surface area (Å²) in [5.74, 6) is 0. The Morgan fingerprint density at radius 3 is 2.43 bits per heavy atom. The fourth-order valence-electron chi connectivity index (χ4n) is 3.77. The van der Waals surface area contributed by atoms with Crippen LogP contribution in [0.3, 0.4) is 0 Å². The Bertz CT molecular complexity index is 1780. The van der Waals surface area contributed by atoms with Crippen LogP contribution in [0.2, 0.25) is 0 Å². The molecule has 0 saturated carbocycles. The molecule has 0 fully saturated rings. The second-order valence-electron chi connectivity index (χ2n) is 7.79. The maximum absolute atomic E-state index is 7.58. The van der Waals surface area contributed by atoms with Gasteiger partial charge in [0, 0.05) is 46.1 Å². The summed E-state index contributed by atoms with van der Waals surface area (Å²) in [5, 5.41) is 2.01. The zero-order valence-electron chi connectivity index (χ0n) is 24.8. The van der Waals surface area contributed by atoms with Crippen LogP contribution < -0.4 is 0 Å². The van der Waals surface area contributed by atoms with Gasteiger partial charge in [0.2, 0.25) is 0 Å². The maximum atomic E-state index is 7.58. The normalized spacial score (nSPS) is 13.7. The van der Waals surface area contributed by atoms with E-state index in [1.807, 2.05) is 55.5 Å². The van der Waals surface area contributed by atoms with Crippen LogP contribution in [-0.2, 0) is 20.1 Å². The standard InChI is InChI=1S/C19H14NO.C12H10N.Ir/c1-12-9-10-20-17(11-12)16-8-4-7-15-14-6-3-5-13(2)18(14)21-19(15)16;1-10-7-8-12(13-9-10)11-5-3-2-4-6-11;/h3-7,9-11H,1-2H3;2-5,7-9H,1H3;/q2*-1;/i2*1D3;. The van der Waals surface area contributed by atoms with Crippen molar-refractivity contribution in [3.05, 3.63) is 120 Å². The molecule has 0 amide bonds. The van der Waals surface area contributed by atoms with Gasteiger partial charge < -0.3 is 14.4 Å². The fourth-order valence-corrected chi connectivity index (χ4v) is 3.77. The Morgan fingerprint density at radius 2 is 1.66 bits per heavy atom. The van der Waals surface area contributed by atoms with E-state index in [-0.39, 0.29) is 31.2 Å². The number of benzene rings is 3. The number of fused-ring (bicyclic) bond motifs is 3. The summed E-state index contributed by atoms with van der Waals surface area (Å²) in [4.78, 5) is 8.45. The van der Waals surface area contributed by atoms with Crippen LogP contribution in [0.1, 0.15) is 24.9 Å². The third-order valence-electron chi connectivity index (χ3n) is 5.42. The summed E-state index contributed by atoms with van der Waals surface area (Å²) in [6.07, 6.45) is 2.90. The fraction of sp³-hybridized carbons (Fsp3) is 0.0968. The molecule has 6 aromatic rings. The van der Waals surface area contributed by atoms with Crippen molar-refractivity contribution in [3.8, 4) is 22.5 Å². The molecule has 6 rings (SSSR count). The van der Waals surface area contributed by atoms with Crippen LogP contribution in [0.15, 0.2) is 95.7 Å². The number of pyridine rings is 2. The zero-order chi connectivity index (χ0) is 28.5. The van der Waals surface area contributed by atoms with Crippen molar-refractivity contribution in [2.45, 2.75) is 20.6 Å². The molecule has 0 bridgehead atoms. The first-order valence-corrected chi connectivity index (χ1v) is 10.8. The smallest absolute Gasteiger partial charge is 0.123 e. The predicted molar refractivity (Wildman–Crippen MR) is 139 cm³/mol. The molecular weight excluding hydrogens is 609 g/mol. The molecule has 3 nitrogen and oxygen atoms in total.